The lowest BCUT2D eigenvalue weighted by Gasteiger charge is -2.07. The summed E-state index contributed by atoms with van der Waals surface area (Å²) in [6.45, 7) is 0.245. The number of phenolic OH excluding ortho intramolecular Hbond substituents is 1. The molecule has 0 radical (unpaired) electrons. The number of carbonyl (C=O) groups is 1. The topological polar surface area (TPSA) is 78.0 Å². The highest BCUT2D eigenvalue weighted by molar-refractivity contribution is 9.10. The van der Waals surface area contributed by atoms with Crippen molar-refractivity contribution in [3.8, 4) is 5.75 Å². The maximum atomic E-state index is 11.9. The molecule has 0 saturated carbocycles. The van der Waals surface area contributed by atoms with Crippen LogP contribution in [0.25, 0.3) is 0 Å². The number of hydrogen-bond acceptors (Lipinski definition) is 3. The van der Waals surface area contributed by atoms with Gasteiger partial charge in [-0.25, -0.2) is 4.98 Å². The molecule has 0 aliphatic carbocycles. The summed E-state index contributed by atoms with van der Waals surface area (Å²) in [6, 6.07) is 2.92. The van der Waals surface area contributed by atoms with Gasteiger partial charge in [-0.15, -0.1) is 0 Å². The Balaban J connectivity index is 2.14. The molecule has 0 spiro atoms. The third-order valence-corrected chi connectivity index (χ3v) is 3.07. The van der Waals surface area contributed by atoms with Crippen LogP contribution in [0, 0.1) is 0 Å². The number of aromatic nitrogens is 2. The molecule has 0 atom stereocenters. The lowest BCUT2D eigenvalue weighted by atomic mass is 10.2. The van der Waals surface area contributed by atoms with Crippen molar-refractivity contribution in [1.82, 2.24) is 15.3 Å². The summed E-state index contributed by atoms with van der Waals surface area (Å²) < 4.78 is 0.373. The van der Waals surface area contributed by atoms with Gasteiger partial charge in [0.1, 0.15) is 11.6 Å². The van der Waals surface area contributed by atoms with Gasteiger partial charge < -0.3 is 15.4 Å². The van der Waals surface area contributed by atoms with Gasteiger partial charge in [-0.3, -0.25) is 4.79 Å². The normalized spacial score (nSPS) is 10.3. The first-order valence-corrected chi connectivity index (χ1v) is 6.19. The fraction of sp³-hybridized carbons (Fsp3) is 0.0909. The Kier molecular flexibility index (Phi) is 3.88. The van der Waals surface area contributed by atoms with Crippen LogP contribution in [0.3, 0.4) is 0 Å². The molecule has 0 aliphatic heterocycles. The molecule has 1 aromatic heterocycles. The van der Waals surface area contributed by atoms with Gasteiger partial charge in [0.05, 0.1) is 16.6 Å². The van der Waals surface area contributed by atoms with Crippen LogP contribution in [0.5, 0.6) is 5.75 Å². The summed E-state index contributed by atoms with van der Waals surface area (Å²) in [7, 11) is 0. The summed E-state index contributed by atoms with van der Waals surface area (Å²) in [5.41, 5.74) is 0.112. The zero-order valence-electron chi connectivity index (χ0n) is 9.08. The van der Waals surface area contributed by atoms with E-state index in [0.29, 0.717) is 15.3 Å². The highest BCUT2D eigenvalue weighted by Crippen LogP contribution is 2.31. The fourth-order valence-corrected chi connectivity index (χ4v) is 2.20. The first kappa shape index (κ1) is 12.9. The van der Waals surface area contributed by atoms with E-state index in [0.717, 1.165) is 0 Å². The van der Waals surface area contributed by atoms with Gasteiger partial charge in [-0.2, -0.15) is 0 Å². The standard InChI is InChI=1S/C11H9BrClN3O2/c12-8-4-6(13)3-7(10(8)17)11(18)16-5-9-14-1-2-15-9/h1-4,17H,5H2,(H,14,15)(H,16,18). The number of rotatable bonds is 3. The summed E-state index contributed by atoms with van der Waals surface area (Å²) >= 11 is 8.95. The Labute approximate surface area is 116 Å². The molecular formula is C11H9BrClN3O2. The predicted molar refractivity (Wildman–Crippen MR) is 70.6 cm³/mol. The number of hydrogen-bond donors (Lipinski definition) is 3. The monoisotopic (exact) mass is 329 g/mol. The number of amides is 1. The first-order chi connectivity index (χ1) is 8.58. The molecule has 0 fully saturated rings. The highest BCUT2D eigenvalue weighted by atomic mass is 79.9. The lowest BCUT2D eigenvalue weighted by Crippen LogP contribution is -2.23. The fourth-order valence-electron chi connectivity index (χ4n) is 1.39. The van der Waals surface area contributed by atoms with E-state index in [1.165, 1.54) is 12.1 Å². The smallest absolute Gasteiger partial charge is 0.255 e. The molecule has 1 amide bonds. The van der Waals surface area contributed by atoms with Crippen LogP contribution in [-0.2, 0) is 6.54 Å². The van der Waals surface area contributed by atoms with Crippen molar-refractivity contribution in [3.63, 3.8) is 0 Å². The Morgan fingerprint density at radius 3 is 3.00 bits per heavy atom. The summed E-state index contributed by atoms with van der Waals surface area (Å²) in [4.78, 5) is 18.7. The zero-order valence-corrected chi connectivity index (χ0v) is 11.4. The second kappa shape index (κ2) is 5.41. The van der Waals surface area contributed by atoms with Crippen LogP contribution >= 0.6 is 27.5 Å². The van der Waals surface area contributed by atoms with E-state index in [1.807, 2.05) is 0 Å². The SMILES string of the molecule is O=C(NCc1ncc[nH]1)c1cc(Cl)cc(Br)c1O. The Morgan fingerprint density at radius 2 is 2.33 bits per heavy atom. The summed E-state index contributed by atoms with van der Waals surface area (Å²) in [5.74, 6) is 0.0624. The second-order valence-electron chi connectivity index (χ2n) is 3.50. The minimum atomic E-state index is -0.424. The molecule has 5 nitrogen and oxygen atoms in total. The Bertz CT molecular complexity index is 572. The minimum Gasteiger partial charge on any atom is -0.506 e. The molecule has 2 aromatic rings. The van der Waals surface area contributed by atoms with Crippen molar-refractivity contribution in [2.45, 2.75) is 6.54 Å². The number of phenols is 1. The van der Waals surface area contributed by atoms with Gasteiger partial charge in [0.2, 0.25) is 0 Å². The first-order valence-electron chi connectivity index (χ1n) is 5.02. The van der Waals surface area contributed by atoms with Crippen molar-refractivity contribution in [1.29, 1.82) is 0 Å². The maximum Gasteiger partial charge on any atom is 0.255 e. The number of aromatic hydroxyl groups is 1. The van der Waals surface area contributed by atoms with Crippen molar-refractivity contribution >= 4 is 33.4 Å². The van der Waals surface area contributed by atoms with Crippen LogP contribution < -0.4 is 5.32 Å². The number of nitrogens with zero attached hydrogens (tertiary/aromatic N) is 1. The summed E-state index contributed by atoms with van der Waals surface area (Å²) in [6.07, 6.45) is 3.25. The molecular weight excluding hydrogens is 321 g/mol. The molecule has 7 heteroatoms. The van der Waals surface area contributed by atoms with Crippen LogP contribution in [0.4, 0.5) is 0 Å². The Hall–Kier alpha value is -1.53. The van der Waals surface area contributed by atoms with Crippen LogP contribution in [0.15, 0.2) is 29.0 Å². The maximum absolute atomic E-state index is 11.9. The van der Waals surface area contributed by atoms with Crippen molar-refractivity contribution in [2.24, 2.45) is 0 Å². The average Bonchev–Trinajstić information content (AvgIpc) is 2.83. The van der Waals surface area contributed by atoms with Crippen LogP contribution in [-0.4, -0.2) is 21.0 Å². The van der Waals surface area contributed by atoms with E-state index >= 15 is 0 Å². The lowest BCUT2D eigenvalue weighted by molar-refractivity contribution is 0.0947. The van der Waals surface area contributed by atoms with Gasteiger partial charge in [0, 0.05) is 17.4 Å². The van der Waals surface area contributed by atoms with Gasteiger partial charge >= 0.3 is 0 Å². The van der Waals surface area contributed by atoms with Gasteiger partial charge in [0.15, 0.2) is 0 Å². The molecule has 94 valence electrons. The summed E-state index contributed by atoms with van der Waals surface area (Å²) in [5, 5.41) is 12.7. The number of carbonyl (C=O) groups excluding carboxylic acids is 1. The largest absolute Gasteiger partial charge is 0.506 e. The molecule has 1 heterocycles. The quantitative estimate of drug-likeness (QED) is 0.809. The van der Waals surface area contributed by atoms with E-state index in [9.17, 15) is 9.90 Å². The van der Waals surface area contributed by atoms with Crippen molar-refractivity contribution in [2.75, 3.05) is 0 Å². The number of benzene rings is 1. The van der Waals surface area contributed by atoms with Gasteiger partial charge in [0.25, 0.3) is 5.91 Å². The van der Waals surface area contributed by atoms with E-state index < -0.39 is 5.91 Å². The second-order valence-corrected chi connectivity index (χ2v) is 4.79. The van der Waals surface area contributed by atoms with Crippen molar-refractivity contribution in [3.05, 3.63) is 45.4 Å². The molecule has 0 bridgehead atoms. The molecule has 0 unspecified atom stereocenters. The number of imidazole rings is 1. The third kappa shape index (κ3) is 2.83. The number of aromatic amines is 1. The van der Waals surface area contributed by atoms with E-state index in [1.54, 1.807) is 12.4 Å². The van der Waals surface area contributed by atoms with E-state index in [2.05, 4.69) is 31.2 Å². The average molecular weight is 331 g/mol. The molecule has 3 N–H and O–H groups in total. The number of H-pyrrole nitrogens is 1. The molecule has 18 heavy (non-hydrogen) atoms. The highest BCUT2D eigenvalue weighted by Gasteiger charge is 2.15. The minimum absolute atomic E-state index is 0.112. The number of halogens is 2. The van der Waals surface area contributed by atoms with Gasteiger partial charge in [-0.05, 0) is 28.1 Å². The van der Waals surface area contributed by atoms with Crippen molar-refractivity contribution < 1.29 is 9.90 Å². The van der Waals surface area contributed by atoms with Gasteiger partial charge in [-0.1, -0.05) is 11.6 Å². The zero-order chi connectivity index (χ0) is 13.1. The molecule has 1 aromatic carbocycles. The van der Waals surface area contributed by atoms with Crippen LogP contribution in [0.2, 0.25) is 5.02 Å². The molecule has 0 aliphatic rings. The predicted octanol–water partition coefficient (Wildman–Crippen LogP) is 2.46. The van der Waals surface area contributed by atoms with E-state index in [-0.39, 0.29) is 17.9 Å². The molecule has 0 saturated heterocycles. The van der Waals surface area contributed by atoms with Crippen LogP contribution in [0.1, 0.15) is 16.2 Å². The molecule has 2 rings (SSSR count). The third-order valence-electron chi connectivity index (χ3n) is 2.24. The number of nitrogens with one attached hydrogen (secondary N) is 2. The van der Waals surface area contributed by atoms with E-state index in [4.69, 9.17) is 11.6 Å². The Morgan fingerprint density at radius 1 is 1.56 bits per heavy atom.